The highest BCUT2D eigenvalue weighted by atomic mass is 32.2. The fraction of sp³-hybridized carbons (Fsp3) is 0.632. The highest BCUT2D eigenvalue weighted by Crippen LogP contribution is 2.23. The van der Waals surface area contributed by atoms with E-state index in [9.17, 15) is 27.6 Å². The Hall–Kier alpha value is -2.69. The first-order valence-corrected chi connectivity index (χ1v) is 13.5. The second-order valence-corrected chi connectivity index (χ2v) is 10.9. The van der Waals surface area contributed by atoms with E-state index in [1.165, 1.54) is 23.2 Å². The van der Waals surface area contributed by atoms with Gasteiger partial charge in [-0.25, -0.2) is 18.2 Å². The van der Waals surface area contributed by atoms with Gasteiger partial charge in [0.25, 0.3) is 5.56 Å². The fourth-order valence-electron chi connectivity index (χ4n) is 3.57. The molecule has 194 valence electrons. The number of aromatic nitrogens is 4. The third-order valence-electron chi connectivity index (χ3n) is 5.46. The highest BCUT2D eigenvalue weighted by molar-refractivity contribution is 7.99. The molecule has 2 aromatic heterocycles. The summed E-state index contributed by atoms with van der Waals surface area (Å²) < 4.78 is 35.3. The molecule has 16 heteroatoms. The number of carbonyl (C=O) groups is 2. The zero-order valence-electron chi connectivity index (χ0n) is 19.4. The minimum atomic E-state index is -3.80. The Morgan fingerprint density at radius 1 is 1.11 bits per heavy atom. The first-order chi connectivity index (χ1) is 16.5. The van der Waals surface area contributed by atoms with Crippen LogP contribution in [0.5, 0.6) is 0 Å². The molecule has 0 saturated carbocycles. The van der Waals surface area contributed by atoms with Crippen LogP contribution in [0.4, 0.5) is 0 Å². The average Bonchev–Trinajstić information content (AvgIpc) is 3.17. The van der Waals surface area contributed by atoms with Crippen LogP contribution in [0.3, 0.4) is 0 Å². The van der Waals surface area contributed by atoms with Gasteiger partial charge in [0.2, 0.25) is 15.9 Å². The van der Waals surface area contributed by atoms with Gasteiger partial charge in [-0.05, 0) is 0 Å². The van der Waals surface area contributed by atoms with Crippen LogP contribution in [0.2, 0.25) is 0 Å². The van der Waals surface area contributed by atoms with Crippen molar-refractivity contribution in [2.75, 3.05) is 44.4 Å². The molecule has 0 aromatic carbocycles. The molecular formula is C19H28N6O8S2. The van der Waals surface area contributed by atoms with Gasteiger partial charge in [-0.15, -0.1) is 0 Å². The molecule has 0 aliphatic carbocycles. The van der Waals surface area contributed by atoms with Gasteiger partial charge in [0.1, 0.15) is 0 Å². The summed E-state index contributed by atoms with van der Waals surface area (Å²) in [5.74, 6) is -1.85. The Bertz CT molecular complexity index is 1320. The van der Waals surface area contributed by atoms with Crippen molar-refractivity contribution < 1.29 is 27.9 Å². The Morgan fingerprint density at radius 3 is 2.46 bits per heavy atom. The number of fused-ring (bicyclic) bond motifs is 1. The van der Waals surface area contributed by atoms with Gasteiger partial charge in [0.15, 0.2) is 16.3 Å². The number of carboxylic acid groups (broad SMARTS) is 1. The molecule has 2 N–H and O–H groups in total. The lowest BCUT2D eigenvalue weighted by atomic mass is 10.4. The molecule has 2 aromatic rings. The zero-order valence-corrected chi connectivity index (χ0v) is 21.1. The minimum Gasteiger partial charge on any atom is -0.481 e. The molecule has 1 amide bonds. The first-order valence-electron chi connectivity index (χ1n) is 10.8. The van der Waals surface area contributed by atoms with E-state index in [-0.39, 0.29) is 47.2 Å². The molecule has 0 radical (unpaired) electrons. The number of amides is 1. The van der Waals surface area contributed by atoms with Crippen molar-refractivity contribution in [3.63, 3.8) is 0 Å². The van der Waals surface area contributed by atoms with E-state index in [4.69, 9.17) is 9.84 Å². The summed E-state index contributed by atoms with van der Waals surface area (Å²) in [4.78, 5) is 54.4. The number of nitrogens with zero attached hydrogens (tertiary/aromatic N) is 5. The van der Waals surface area contributed by atoms with E-state index in [1.54, 1.807) is 0 Å². The summed E-state index contributed by atoms with van der Waals surface area (Å²) in [7, 11) is -1.03. The smallest absolute Gasteiger partial charge is 0.332 e. The molecule has 1 aliphatic heterocycles. The molecule has 0 bridgehead atoms. The largest absolute Gasteiger partial charge is 0.481 e. The maximum Gasteiger partial charge on any atom is 0.332 e. The van der Waals surface area contributed by atoms with E-state index < -0.39 is 33.1 Å². The average molecular weight is 533 g/mol. The van der Waals surface area contributed by atoms with Crippen LogP contribution < -0.4 is 16.0 Å². The standard InChI is InChI=1S/C19H28N6O8S2/c1-22-16-15(17(29)23(2)19(22)30)20-18(25(16)5-3-14(27)28)34-11-4-13(26)21-35(31,32)12-8-24-6-9-33-10-7-24/h3-12H2,1-2H3,(H,21,26)(H,27,28). The molecule has 0 atom stereocenters. The number of rotatable bonds is 11. The van der Waals surface area contributed by atoms with Crippen LogP contribution in [-0.2, 0) is 45.0 Å². The van der Waals surface area contributed by atoms with E-state index in [0.717, 1.165) is 16.3 Å². The predicted octanol–water partition coefficient (Wildman–Crippen LogP) is -1.83. The first kappa shape index (κ1) is 26.9. The lowest BCUT2D eigenvalue weighted by molar-refractivity contribution is -0.137. The van der Waals surface area contributed by atoms with Gasteiger partial charge >= 0.3 is 11.7 Å². The summed E-state index contributed by atoms with van der Waals surface area (Å²) in [5, 5.41) is 9.34. The molecule has 1 saturated heterocycles. The quantitative estimate of drug-likeness (QED) is 0.311. The Labute approximate surface area is 204 Å². The van der Waals surface area contributed by atoms with Gasteiger partial charge in [-0.1, -0.05) is 11.8 Å². The van der Waals surface area contributed by atoms with Gasteiger partial charge in [-0.2, -0.15) is 0 Å². The van der Waals surface area contributed by atoms with Crippen molar-refractivity contribution in [1.29, 1.82) is 0 Å². The molecule has 1 fully saturated rings. The van der Waals surface area contributed by atoms with Gasteiger partial charge < -0.3 is 14.4 Å². The maximum atomic E-state index is 12.5. The normalized spacial score (nSPS) is 14.9. The molecule has 0 spiro atoms. The van der Waals surface area contributed by atoms with Crippen LogP contribution >= 0.6 is 11.8 Å². The SMILES string of the molecule is Cn1c(=O)c2nc(SCCC(=O)NS(=O)(=O)CCN3CCOCC3)n(CCC(=O)O)c2n(C)c1=O. The number of thioether (sulfide) groups is 1. The van der Waals surface area contributed by atoms with Gasteiger partial charge in [0, 0.05) is 52.4 Å². The van der Waals surface area contributed by atoms with Gasteiger partial charge in [-0.3, -0.25) is 33.1 Å². The molecule has 3 rings (SSSR count). The molecule has 3 heterocycles. The number of aryl methyl sites for hydroxylation is 2. The Morgan fingerprint density at radius 2 is 1.80 bits per heavy atom. The number of morpholine rings is 1. The molecular weight excluding hydrogens is 504 g/mol. The molecule has 1 aliphatic rings. The minimum absolute atomic E-state index is 0.00219. The van der Waals surface area contributed by atoms with Crippen molar-refractivity contribution in [2.24, 2.45) is 14.1 Å². The Balaban J connectivity index is 1.67. The zero-order chi connectivity index (χ0) is 25.8. The number of imidazole rings is 1. The summed E-state index contributed by atoms with van der Waals surface area (Å²) in [6, 6.07) is 0. The monoisotopic (exact) mass is 532 g/mol. The lowest BCUT2D eigenvalue weighted by Gasteiger charge is -2.26. The lowest BCUT2D eigenvalue weighted by Crippen LogP contribution is -2.42. The summed E-state index contributed by atoms with van der Waals surface area (Å²) in [6.07, 6.45) is -0.426. The topological polar surface area (TPSA) is 175 Å². The van der Waals surface area contributed by atoms with Crippen molar-refractivity contribution in [3.05, 3.63) is 20.8 Å². The van der Waals surface area contributed by atoms with E-state index in [2.05, 4.69) is 9.71 Å². The third-order valence-corrected chi connectivity index (χ3v) is 7.70. The van der Waals surface area contributed by atoms with Crippen LogP contribution in [0.1, 0.15) is 12.8 Å². The van der Waals surface area contributed by atoms with Gasteiger partial charge in [0.05, 0.1) is 25.4 Å². The summed E-state index contributed by atoms with van der Waals surface area (Å²) in [6.45, 7) is 2.61. The van der Waals surface area contributed by atoms with Crippen molar-refractivity contribution in [3.8, 4) is 0 Å². The van der Waals surface area contributed by atoms with Crippen molar-refractivity contribution >= 4 is 44.8 Å². The summed E-state index contributed by atoms with van der Waals surface area (Å²) in [5.41, 5.74) is -1.03. The second-order valence-electron chi connectivity index (χ2n) is 7.96. The Kier molecular flexibility index (Phi) is 8.74. The second kappa shape index (κ2) is 11.4. The van der Waals surface area contributed by atoms with Crippen LogP contribution in [0, 0.1) is 0 Å². The fourth-order valence-corrected chi connectivity index (χ4v) is 5.58. The molecule has 14 nitrogen and oxygen atoms in total. The number of sulfonamides is 1. The van der Waals surface area contributed by atoms with Crippen molar-refractivity contribution in [2.45, 2.75) is 24.5 Å². The number of nitrogens with one attached hydrogen (secondary N) is 1. The van der Waals surface area contributed by atoms with Crippen LogP contribution in [0.25, 0.3) is 11.2 Å². The highest BCUT2D eigenvalue weighted by Gasteiger charge is 2.21. The van der Waals surface area contributed by atoms with E-state index >= 15 is 0 Å². The number of carboxylic acids is 1. The van der Waals surface area contributed by atoms with Crippen LogP contribution in [0.15, 0.2) is 14.7 Å². The third kappa shape index (κ3) is 6.71. The number of carbonyl (C=O) groups excluding carboxylic acids is 1. The number of hydrogen-bond donors (Lipinski definition) is 2. The number of hydrogen-bond acceptors (Lipinski definition) is 10. The predicted molar refractivity (Wildman–Crippen MR) is 127 cm³/mol. The maximum absolute atomic E-state index is 12.5. The van der Waals surface area contributed by atoms with E-state index in [0.29, 0.717) is 32.8 Å². The van der Waals surface area contributed by atoms with Crippen LogP contribution in [-0.4, -0.2) is 93.3 Å². The van der Waals surface area contributed by atoms with Crippen molar-refractivity contribution in [1.82, 2.24) is 28.3 Å². The molecule has 35 heavy (non-hydrogen) atoms. The summed E-state index contributed by atoms with van der Waals surface area (Å²) >= 11 is 1.06. The van der Waals surface area contributed by atoms with E-state index in [1.807, 2.05) is 4.90 Å². The number of ether oxygens (including phenoxy) is 1. The number of aliphatic carboxylic acids is 1. The molecule has 0 unspecified atom stereocenters.